The standard InChI is InChI=1S/C24H23N5O3S2/c1-15(23(31)26-18-12-10-17(11-13-18)25-16(2)30)34-24-28-27-22(21-9-6-14-33-21)29(24)19-7-4-5-8-20(19)32-3/h4-15H,1-3H3,(H,25,30)(H,26,31). The third-order valence-electron chi connectivity index (χ3n) is 4.83. The minimum atomic E-state index is -0.455. The second-order valence-electron chi connectivity index (χ2n) is 7.30. The third-order valence-corrected chi connectivity index (χ3v) is 6.73. The summed E-state index contributed by atoms with van der Waals surface area (Å²) in [7, 11) is 1.62. The molecule has 1 unspecified atom stereocenters. The predicted molar refractivity (Wildman–Crippen MR) is 136 cm³/mol. The Morgan fingerprint density at radius 3 is 2.35 bits per heavy atom. The van der Waals surface area contributed by atoms with Crippen molar-refractivity contribution in [2.75, 3.05) is 17.7 Å². The Hall–Kier alpha value is -3.63. The fourth-order valence-electron chi connectivity index (χ4n) is 3.24. The normalized spacial score (nSPS) is 11.6. The zero-order chi connectivity index (χ0) is 24.1. The number of ether oxygens (including phenoxy) is 1. The first-order valence-electron chi connectivity index (χ1n) is 10.4. The van der Waals surface area contributed by atoms with E-state index in [9.17, 15) is 9.59 Å². The maximum absolute atomic E-state index is 12.9. The molecule has 0 radical (unpaired) electrons. The number of thiophene rings is 1. The molecule has 174 valence electrons. The number of nitrogens with one attached hydrogen (secondary N) is 2. The number of anilines is 2. The van der Waals surface area contributed by atoms with Crippen LogP contribution in [0.3, 0.4) is 0 Å². The minimum Gasteiger partial charge on any atom is -0.495 e. The number of benzene rings is 2. The van der Waals surface area contributed by atoms with Gasteiger partial charge in [0, 0.05) is 18.3 Å². The summed E-state index contributed by atoms with van der Waals surface area (Å²) in [5, 5.41) is 16.5. The van der Waals surface area contributed by atoms with Crippen molar-refractivity contribution in [3.05, 3.63) is 66.0 Å². The van der Waals surface area contributed by atoms with Crippen LogP contribution in [0, 0.1) is 0 Å². The molecular formula is C24H23N5O3S2. The number of amides is 2. The van der Waals surface area contributed by atoms with E-state index >= 15 is 0 Å². The molecule has 0 saturated heterocycles. The Morgan fingerprint density at radius 1 is 1.00 bits per heavy atom. The summed E-state index contributed by atoms with van der Waals surface area (Å²) in [6, 6.07) is 18.5. The number of thioether (sulfide) groups is 1. The van der Waals surface area contributed by atoms with Crippen LogP contribution in [-0.4, -0.2) is 38.9 Å². The smallest absolute Gasteiger partial charge is 0.237 e. The van der Waals surface area contributed by atoms with Crippen LogP contribution in [0.1, 0.15) is 13.8 Å². The van der Waals surface area contributed by atoms with Gasteiger partial charge in [-0.3, -0.25) is 14.2 Å². The van der Waals surface area contributed by atoms with E-state index in [0.717, 1.165) is 10.6 Å². The van der Waals surface area contributed by atoms with Crippen LogP contribution in [0.25, 0.3) is 16.4 Å². The number of rotatable bonds is 8. The number of hydrogen-bond acceptors (Lipinski definition) is 7. The lowest BCUT2D eigenvalue weighted by Crippen LogP contribution is -2.23. The Labute approximate surface area is 205 Å². The largest absolute Gasteiger partial charge is 0.495 e. The van der Waals surface area contributed by atoms with Crippen LogP contribution in [0.15, 0.2) is 71.2 Å². The van der Waals surface area contributed by atoms with Gasteiger partial charge in [0.15, 0.2) is 11.0 Å². The first-order chi connectivity index (χ1) is 16.5. The highest BCUT2D eigenvalue weighted by atomic mass is 32.2. The van der Waals surface area contributed by atoms with Gasteiger partial charge < -0.3 is 15.4 Å². The average molecular weight is 494 g/mol. The maximum Gasteiger partial charge on any atom is 0.237 e. The highest BCUT2D eigenvalue weighted by Gasteiger charge is 2.23. The average Bonchev–Trinajstić information content (AvgIpc) is 3.50. The number of methoxy groups -OCH3 is 1. The summed E-state index contributed by atoms with van der Waals surface area (Å²) in [6.45, 7) is 3.26. The molecule has 2 aromatic carbocycles. The van der Waals surface area contributed by atoms with Gasteiger partial charge in [0.25, 0.3) is 0 Å². The number of para-hydroxylation sites is 2. The molecule has 0 aliphatic heterocycles. The summed E-state index contributed by atoms with van der Waals surface area (Å²) in [5.41, 5.74) is 2.10. The number of carbonyl (C=O) groups is 2. The highest BCUT2D eigenvalue weighted by Crippen LogP contribution is 2.35. The van der Waals surface area contributed by atoms with Crippen LogP contribution in [-0.2, 0) is 9.59 Å². The molecule has 0 aliphatic carbocycles. The van der Waals surface area contributed by atoms with E-state index in [0.29, 0.717) is 28.1 Å². The molecule has 4 rings (SSSR count). The third kappa shape index (κ3) is 5.29. The molecule has 2 aromatic heterocycles. The van der Waals surface area contributed by atoms with E-state index in [1.165, 1.54) is 18.7 Å². The molecule has 8 nitrogen and oxygen atoms in total. The molecule has 2 N–H and O–H groups in total. The van der Waals surface area contributed by atoms with E-state index in [2.05, 4.69) is 20.8 Å². The van der Waals surface area contributed by atoms with Crippen LogP contribution in [0.4, 0.5) is 11.4 Å². The number of hydrogen-bond donors (Lipinski definition) is 2. The maximum atomic E-state index is 12.9. The van der Waals surface area contributed by atoms with Gasteiger partial charge in [-0.1, -0.05) is 30.0 Å². The lowest BCUT2D eigenvalue weighted by Gasteiger charge is -2.15. The fraction of sp³-hybridized carbons (Fsp3) is 0.167. The van der Waals surface area contributed by atoms with Gasteiger partial charge in [-0.15, -0.1) is 21.5 Å². The molecule has 0 bridgehead atoms. The van der Waals surface area contributed by atoms with Gasteiger partial charge in [0.2, 0.25) is 11.8 Å². The summed E-state index contributed by atoms with van der Waals surface area (Å²) in [5.74, 6) is 1.04. The van der Waals surface area contributed by atoms with Crippen molar-refractivity contribution in [2.45, 2.75) is 24.3 Å². The Bertz CT molecular complexity index is 1290. The van der Waals surface area contributed by atoms with Gasteiger partial charge in [-0.2, -0.15) is 0 Å². The van der Waals surface area contributed by atoms with Crippen molar-refractivity contribution in [2.24, 2.45) is 0 Å². The summed E-state index contributed by atoms with van der Waals surface area (Å²) < 4.78 is 7.49. The van der Waals surface area contributed by atoms with Gasteiger partial charge in [-0.25, -0.2) is 0 Å². The molecule has 10 heteroatoms. The van der Waals surface area contributed by atoms with Crippen molar-refractivity contribution < 1.29 is 14.3 Å². The van der Waals surface area contributed by atoms with E-state index < -0.39 is 5.25 Å². The van der Waals surface area contributed by atoms with Crippen molar-refractivity contribution in [1.29, 1.82) is 0 Å². The van der Waals surface area contributed by atoms with Gasteiger partial charge in [0.1, 0.15) is 5.75 Å². The zero-order valence-corrected chi connectivity index (χ0v) is 20.4. The molecule has 4 aromatic rings. The van der Waals surface area contributed by atoms with Crippen molar-refractivity contribution in [3.8, 4) is 22.1 Å². The van der Waals surface area contributed by atoms with E-state index in [4.69, 9.17) is 4.74 Å². The lowest BCUT2D eigenvalue weighted by molar-refractivity contribution is -0.115. The number of carbonyl (C=O) groups excluding carboxylic acids is 2. The summed E-state index contributed by atoms with van der Waals surface area (Å²) >= 11 is 2.88. The SMILES string of the molecule is COc1ccccc1-n1c(SC(C)C(=O)Nc2ccc(NC(C)=O)cc2)nnc1-c1cccs1. The molecule has 2 amide bonds. The topological polar surface area (TPSA) is 98.1 Å². The Kier molecular flexibility index (Phi) is 7.29. The lowest BCUT2D eigenvalue weighted by atomic mass is 10.2. The zero-order valence-electron chi connectivity index (χ0n) is 18.8. The first-order valence-corrected chi connectivity index (χ1v) is 12.2. The predicted octanol–water partition coefficient (Wildman–Crippen LogP) is 5.08. The molecule has 34 heavy (non-hydrogen) atoms. The number of aromatic nitrogens is 3. The number of nitrogens with zero attached hydrogens (tertiary/aromatic N) is 3. The first kappa shape index (κ1) is 23.5. The van der Waals surface area contributed by atoms with Crippen molar-refractivity contribution >= 4 is 46.3 Å². The summed E-state index contributed by atoms with van der Waals surface area (Å²) in [4.78, 5) is 25.0. The van der Waals surface area contributed by atoms with Crippen LogP contribution < -0.4 is 15.4 Å². The Balaban J connectivity index is 1.57. The monoisotopic (exact) mass is 493 g/mol. The van der Waals surface area contributed by atoms with Gasteiger partial charge in [-0.05, 0) is 54.8 Å². The van der Waals surface area contributed by atoms with Gasteiger partial charge >= 0.3 is 0 Å². The summed E-state index contributed by atoms with van der Waals surface area (Å²) in [6.07, 6.45) is 0. The molecule has 0 aliphatic rings. The van der Waals surface area contributed by atoms with E-state index in [-0.39, 0.29) is 11.8 Å². The molecule has 2 heterocycles. The van der Waals surface area contributed by atoms with Crippen LogP contribution >= 0.6 is 23.1 Å². The van der Waals surface area contributed by atoms with Crippen molar-refractivity contribution in [1.82, 2.24) is 14.8 Å². The molecule has 0 fully saturated rings. The molecule has 0 spiro atoms. The van der Waals surface area contributed by atoms with Gasteiger partial charge in [0.05, 0.1) is 22.9 Å². The van der Waals surface area contributed by atoms with E-state index in [1.54, 1.807) is 42.7 Å². The van der Waals surface area contributed by atoms with Crippen molar-refractivity contribution in [3.63, 3.8) is 0 Å². The second kappa shape index (κ2) is 10.5. The fourth-order valence-corrected chi connectivity index (χ4v) is 4.80. The second-order valence-corrected chi connectivity index (χ2v) is 9.55. The van der Waals surface area contributed by atoms with Crippen LogP contribution in [0.5, 0.6) is 5.75 Å². The van der Waals surface area contributed by atoms with E-state index in [1.807, 2.05) is 53.3 Å². The quantitative estimate of drug-likeness (QED) is 0.332. The minimum absolute atomic E-state index is 0.150. The molecule has 1 atom stereocenters. The highest BCUT2D eigenvalue weighted by molar-refractivity contribution is 8.00. The molecule has 0 saturated carbocycles. The Morgan fingerprint density at radius 2 is 1.71 bits per heavy atom. The van der Waals surface area contributed by atoms with Crippen LogP contribution in [0.2, 0.25) is 0 Å². The molecular weight excluding hydrogens is 470 g/mol.